The Morgan fingerprint density at radius 3 is 2.75 bits per heavy atom. The maximum absolute atomic E-state index is 12.1. The number of nitriles is 1. The third kappa shape index (κ3) is 4.33. The molecule has 40 heavy (non-hydrogen) atoms. The summed E-state index contributed by atoms with van der Waals surface area (Å²) in [6.07, 6.45) is 4.07. The van der Waals surface area contributed by atoms with Crippen LogP contribution in [0.15, 0.2) is 49.2 Å². The van der Waals surface area contributed by atoms with Gasteiger partial charge in [0.15, 0.2) is 5.82 Å². The summed E-state index contributed by atoms with van der Waals surface area (Å²) in [5.74, 6) is 0.495. The van der Waals surface area contributed by atoms with Gasteiger partial charge in [-0.25, -0.2) is 0 Å². The van der Waals surface area contributed by atoms with Gasteiger partial charge in [0, 0.05) is 55.3 Å². The van der Waals surface area contributed by atoms with Crippen LogP contribution in [0.2, 0.25) is 0 Å². The quantitative estimate of drug-likeness (QED) is 0.344. The van der Waals surface area contributed by atoms with Crippen molar-refractivity contribution in [2.75, 3.05) is 31.1 Å². The van der Waals surface area contributed by atoms with E-state index in [1.54, 1.807) is 0 Å². The zero-order chi connectivity index (χ0) is 28.0. The molecule has 4 aromatic rings. The molecule has 1 aromatic carbocycles. The highest BCUT2D eigenvalue weighted by Crippen LogP contribution is 2.43. The third-order valence-corrected chi connectivity index (χ3v) is 7.90. The van der Waals surface area contributed by atoms with E-state index >= 15 is 0 Å². The van der Waals surface area contributed by atoms with Crippen LogP contribution in [0.5, 0.6) is 6.01 Å². The standard InChI is InChI=1S/C30H30N8O2/c1-5-24(39)38-17-30(18-38)11-12-37(16-30)28-23(13-31)26(25-19(2)9-10-21-14-32-36(4)27(21)25)34-29(35-28)40-15-22-8-6-7-20(3)33-22/h5-10,14H,1,11-12,15-18H2,2-4H3. The molecule has 2 saturated heterocycles. The first-order valence-corrected chi connectivity index (χ1v) is 13.3. The van der Waals surface area contributed by atoms with Crippen LogP contribution in [0.1, 0.15) is 28.9 Å². The van der Waals surface area contributed by atoms with Crippen LogP contribution in [0.25, 0.3) is 22.2 Å². The average molecular weight is 535 g/mol. The summed E-state index contributed by atoms with van der Waals surface area (Å²) in [6.45, 7) is 10.5. The second-order valence-corrected chi connectivity index (χ2v) is 10.8. The van der Waals surface area contributed by atoms with Crippen LogP contribution in [0.4, 0.5) is 5.82 Å². The van der Waals surface area contributed by atoms with Crippen LogP contribution >= 0.6 is 0 Å². The number of ether oxygens (including phenoxy) is 1. The topological polar surface area (TPSA) is 113 Å². The number of aryl methyl sites for hydroxylation is 3. The number of anilines is 1. The summed E-state index contributed by atoms with van der Waals surface area (Å²) in [6, 6.07) is 12.4. The molecule has 0 saturated carbocycles. The van der Waals surface area contributed by atoms with Crippen molar-refractivity contribution in [3.05, 3.63) is 71.7 Å². The third-order valence-electron chi connectivity index (χ3n) is 7.90. The van der Waals surface area contributed by atoms with Gasteiger partial charge in [0.2, 0.25) is 5.91 Å². The predicted octanol–water partition coefficient (Wildman–Crippen LogP) is 3.72. The van der Waals surface area contributed by atoms with E-state index in [1.165, 1.54) is 6.08 Å². The van der Waals surface area contributed by atoms with Crippen LogP contribution < -0.4 is 9.64 Å². The maximum Gasteiger partial charge on any atom is 0.319 e. The fourth-order valence-electron chi connectivity index (χ4n) is 5.91. The molecule has 0 N–H and O–H groups in total. The minimum absolute atomic E-state index is 0.0268. The van der Waals surface area contributed by atoms with E-state index in [-0.39, 0.29) is 23.9 Å². The number of likely N-dealkylation sites (tertiary alicyclic amines) is 1. The summed E-state index contributed by atoms with van der Waals surface area (Å²) < 4.78 is 7.93. The molecular weight excluding hydrogens is 504 g/mol. The molecule has 2 fully saturated rings. The lowest BCUT2D eigenvalue weighted by Crippen LogP contribution is -2.59. The van der Waals surface area contributed by atoms with Crippen LogP contribution in [-0.2, 0) is 18.4 Å². The van der Waals surface area contributed by atoms with E-state index in [9.17, 15) is 10.1 Å². The molecule has 2 aliphatic rings. The number of benzene rings is 1. The second kappa shape index (κ2) is 9.75. The van der Waals surface area contributed by atoms with Gasteiger partial charge in [-0.3, -0.25) is 14.5 Å². The van der Waals surface area contributed by atoms with Gasteiger partial charge in [-0.15, -0.1) is 0 Å². The van der Waals surface area contributed by atoms with E-state index in [4.69, 9.17) is 14.7 Å². The minimum Gasteiger partial charge on any atom is -0.457 e. The Labute approximate surface area is 232 Å². The number of aromatic nitrogens is 5. The monoisotopic (exact) mass is 534 g/mol. The molecule has 2 aliphatic heterocycles. The number of fused-ring (bicyclic) bond motifs is 1. The molecule has 3 aromatic heterocycles. The van der Waals surface area contributed by atoms with Crippen molar-refractivity contribution < 1.29 is 9.53 Å². The van der Waals surface area contributed by atoms with Gasteiger partial charge >= 0.3 is 6.01 Å². The van der Waals surface area contributed by atoms with Crippen LogP contribution in [-0.4, -0.2) is 61.7 Å². The summed E-state index contributed by atoms with van der Waals surface area (Å²) >= 11 is 0. The summed E-state index contributed by atoms with van der Waals surface area (Å²) in [5.41, 5.74) is 5.24. The second-order valence-electron chi connectivity index (χ2n) is 10.8. The minimum atomic E-state index is -0.0497. The number of hydrogen-bond acceptors (Lipinski definition) is 8. The molecule has 1 spiro atoms. The Bertz CT molecular complexity index is 1700. The molecule has 0 aliphatic carbocycles. The molecule has 0 radical (unpaired) electrons. The number of amides is 1. The first-order valence-electron chi connectivity index (χ1n) is 13.3. The normalized spacial score (nSPS) is 15.8. The Balaban J connectivity index is 1.43. The molecular formula is C30H30N8O2. The first-order chi connectivity index (χ1) is 19.3. The predicted molar refractivity (Wildman–Crippen MR) is 151 cm³/mol. The number of hydrogen-bond donors (Lipinski definition) is 0. The summed E-state index contributed by atoms with van der Waals surface area (Å²) in [4.78, 5) is 30.2. The Kier molecular flexibility index (Phi) is 6.22. The van der Waals surface area contributed by atoms with Crippen LogP contribution in [0, 0.1) is 30.6 Å². The van der Waals surface area contributed by atoms with Gasteiger partial charge in [0.25, 0.3) is 0 Å². The summed E-state index contributed by atoms with van der Waals surface area (Å²) in [5, 5.41) is 15.9. The molecule has 0 bridgehead atoms. The molecule has 6 rings (SSSR count). The molecule has 202 valence electrons. The maximum atomic E-state index is 12.1. The van der Waals surface area contributed by atoms with E-state index < -0.39 is 0 Å². The van der Waals surface area contributed by atoms with Gasteiger partial charge in [-0.2, -0.15) is 20.3 Å². The van der Waals surface area contributed by atoms with E-state index in [0.29, 0.717) is 36.7 Å². The highest BCUT2D eigenvalue weighted by atomic mass is 16.5. The van der Waals surface area contributed by atoms with Crippen molar-refractivity contribution in [2.24, 2.45) is 12.5 Å². The van der Waals surface area contributed by atoms with Crippen molar-refractivity contribution in [1.29, 1.82) is 5.26 Å². The average Bonchev–Trinajstić information content (AvgIpc) is 3.55. The van der Waals surface area contributed by atoms with Gasteiger partial charge in [0.1, 0.15) is 18.2 Å². The lowest BCUT2D eigenvalue weighted by molar-refractivity contribution is -0.136. The number of pyridine rings is 1. The van der Waals surface area contributed by atoms with Crippen molar-refractivity contribution in [1.82, 2.24) is 29.6 Å². The Morgan fingerprint density at radius 1 is 1.18 bits per heavy atom. The molecule has 10 heteroatoms. The van der Waals surface area contributed by atoms with Gasteiger partial charge in [0.05, 0.1) is 23.1 Å². The van der Waals surface area contributed by atoms with E-state index in [0.717, 1.165) is 46.4 Å². The van der Waals surface area contributed by atoms with Crippen LogP contribution in [0.3, 0.4) is 0 Å². The lowest BCUT2D eigenvalue weighted by atomic mass is 9.79. The number of rotatable bonds is 6. The van der Waals surface area contributed by atoms with Gasteiger partial charge in [-0.05, 0) is 44.0 Å². The Hall–Kier alpha value is -4.78. The van der Waals surface area contributed by atoms with Crippen molar-refractivity contribution in [2.45, 2.75) is 26.9 Å². The van der Waals surface area contributed by atoms with E-state index in [1.807, 2.05) is 67.0 Å². The van der Waals surface area contributed by atoms with Crippen molar-refractivity contribution in [3.8, 4) is 23.3 Å². The highest BCUT2D eigenvalue weighted by molar-refractivity contribution is 5.97. The molecule has 0 unspecified atom stereocenters. The molecule has 1 amide bonds. The molecule has 5 heterocycles. The highest BCUT2D eigenvalue weighted by Gasteiger charge is 2.49. The lowest BCUT2D eigenvalue weighted by Gasteiger charge is -2.47. The van der Waals surface area contributed by atoms with E-state index in [2.05, 4.69) is 27.6 Å². The number of carbonyl (C=O) groups excluding carboxylic acids is 1. The summed E-state index contributed by atoms with van der Waals surface area (Å²) in [7, 11) is 1.89. The zero-order valence-electron chi connectivity index (χ0n) is 22.9. The Morgan fingerprint density at radius 2 is 2.00 bits per heavy atom. The van der Waals surface area contributed by atoms with Crippen molar-refractivity contribution in [3.63, 3.8) is 0 Å². The molecule has 0 atom stereocenters. The number of carbonyl (C=O) groups is 1. The van der Waals surface area contributed by atoms with Gasteiger partial charge < -0.3 is 14.5 Å². The fraction of sp³-hybridized carbons (Fsp3) is 0.333. The zero-order valence-corrected chi connectivity index (χ0v) is 22.9. The first kappa shape index (κ1) is 25.5. The SMILES string of the molecule is C=CC(=O)N1CC2(CCN(c3nc(OCc4cccc(C)n4)nc(-c4c(C)ccc5cnn(C)c45)c3C#N)C2)C1. The largest absolute Gasteiger partial charge is 0.457 e. The number of nitrogens with zero attached hydrogens (tertiary/aromatic N) is 8. The van der Waals surface area contributed by atoms with Gasteiger partial charge in [-0.1, -0.05) is 24.8 Å². The van der Waals surface area contributed by atoms with Crippen molar-refractivity contribution >= 4 is 22.6 Å². The fourth-order valence-corrected chi connectivity index (χ4v) is 5.91. The smallest absolute Gasteiger partial charge is 0.319 e. The molecule has 10 nitrogen and oxygen atoms in total.